The van der Waals surface area contributed by atoms with Crippen molar-refractivity contribution in [2.45, 2.75) is 63.8 Å². The molecule has 1 saturated carbocycles. The van der Waals surface area contributed by atoms with Crippen molar-refractivity contribution in [1.82, 2.24) is 20.4 Å². The second-order valence-electron chi connectivity index (χ2n) is 8.72. The van der Waals surface area contributed by atoms with Crippen LogP contribution in [0.15, 0.2) is 16.7 Å². The van der Waals surface area contributed by atoms with Crippen LogP contribution in [0.1, 0.15) is 63.6 Å². The molecule has 34 heavy (non-hydrogen) atoms. The van der Waals surface area contributed by atoms with Crippen LogP contribution in [-0.2, 0) is 21.5 Å². The topological polar surface area (TPSA) is 128 Å². The lowest BCUT2D eigenvalue weighted by Gasteiger charge is -2.30. The average Bonchev–Trinajstić information content (AvgIpc) is 3.37. The summed E-state index contributed by atoms with van der Waals surface area (Å²) in [6.07, 6.45) is 6.28. The van der Waals surface area contributed by atoms with Gasteiger partial charge in [-0.3, -0.25) is 9.59 Å². The summed E-state index contributed by atoms with van der Waals surface area (Å²) in [6, 6.07) is 3.71. The summed E-state index contributed by atoms with van der Waals surface area (Å²) in [5, 5.41) is 10.6. The first kappa shape index (κ1) is 22.6. The third kappa shape index (κ3) is 4.84. The summed E-state index contributed by atoms with van der Waals surface area (Å²) in [7, 11) is 0. The first-order valence-electron chi connectivity index (χ1n) is 11.6. The molecule has 1 aliphatic heterocycles. The number of fused-ring (bicyclic) bond motifs is 2. The van der Waals surface area contributed by atoms with Gasteiger partial charge < -0.3 is 24.6 Å². The number of carbonyl (C=O) groups is 2. The molecule has 2 aliphatic rings. The van der Waals surface area contributed by atoms with E-state index in [1.807, 2.05) is 12.1 Å². The summed E-state index contributed by atoms with van der Waals surface area (Å²) in [4.78, 5) is 33.4. The largest absolute Gasteiger partial charge is 0.486 e. The van der Waals surface area contributed by atoms with Gasteiger partial charge in [0.25, 0.3) is 0 Å². The van der Waals surface area contributed by atoms with Crippen LogP contribution in [-0.4, -0.2) is 40.2 Å². The van der Waals surface area contributed by atoms with E-state index in [2.05, 4.69) is 25.8 Å². The van der Waals surface area contributed by atoms with Crippen LogP contribution in [0.5, 0.6) is 11.5 Å². The maximum atomic E-state index is 12.5. The summed E-state index contributed by atoms with van der Waals surface area (Å²) in [5.74, 6) is 1.94. The van der Waals surface area contributed by atoms with Gasteiger partial charge in [0, 0.05) is 31.9 Å². The molecule has 0 unspecified atom stereocenters. The molecule has 0 atom stereocenters. The van der Waals surface area contributed by atoms with Gasteiger partial charge in [-0.25, -0.2) is 4.98 Å². The molecule has 3 heterocycles. The van der Waals surface area contributed by atoms with Gasteiger partial charge >= 0.3 is 0 Å². The molecule has 0 bridgehead atoms. The van der Waals surface area contributed by atoms with Crippen LogP contribution in [0.3, 0.4) is 0 Å². The fraction of sp³-hybridized carbons (Fsp3) is 0.522. The van der Waals surface area contributed by atoms with E-state index in [1.165, 1.54) is 18.3 Å². The zero-order valence-electron chi connectivity index (χ0n) is 19.0. The van der Waals surface area contributed by atoms with Gasteiger partial charge in [-0.1, -0.05) is 42.2 Å². The number of hydrogen-bond donors (Lipinski definition) is 2. The van der Waals surface area contributed by atoms with E-state index in [1.54, 1.807) is 0 Å². The van der Waals surface area contributed by atoms with Crippen molar-refractivity contribution in [2.75, 3.05) is 18.5 Å². The van der Waals surface area contributed by atoms with E-state index in [9.17, 15) is 9.59 Å². The minimum atomic E-state index is -0.597. The molecule has 2 aromatic heterocycles. The molecule has 1 aromatic carbocycles. The third-order valence-electron chi connectivity index (χ3n) is 6.13. The van der Waals surface area contributed by atoms with Gasteiger partial charge in [0.15, 0.2) is 22.5 Å². The first-order valence-corrected chi connectivity index (χ1v) is 12.4. The van der Waals surface area contributed by atoms with Crippen molar-refractivity contribution in [1.29, 1.82) is 0 Å². The summed E-state index contributed by atoms with van der Waals surface area (Å²) in [6.45, 7) is 2.54. The molecule has 2 amide bonds. The van der Waals surface area contributed by atoms with Gasteiger partial charge in [0.05, 0.1) is 10.2 Å². The number of nitrogens with one attached hydrogen (secondary N) is 2. The van der Waals surface area contributed by atoms with Gasteiger partial charge in [-0.05, 0) is 12.8 Å². The van der Waals surface area contributed by atoms with Crippen LogP contribution in [0.25, 0.3) is 10.2 Å². The fourth-order valence-electron chi connectivity index (χ4n) is 4.54. The number of ether oxygens (including phenoxy) is 2. The second kappa shape index (κ2) is 9.57. The summed E-state index contributed by atoms with van der Waals surface area (Å²) >= 11 is 1.38. The SMILES string of the molecule is CC(=O)NC1(c2noc(CCC(=O)Nc3nc4cc5c(cc4s3)OCCO5)n2)CCCCCC1. The number of aromatic nitrogens is 3. The van der Waals surface area contributed by atoms with Gasteiger partial charge in [0.1, 0.15) is 18.8 Å². The van der Waals surface area contributed by atoms with Gasteiger partial charge in [-0.2, -0.15) is 4.98 Å². The molecular weight excluding hydrogens is 458 g/mol. The second-order valence-corrected chi connectivity index (χ2v) is 9.75. The molecule has 3 aromatic rings. The minimum absolute atomic E-state index is 0.109. The number of anilines is 1. The molecule has 10 nitrogen and oxygen atoms in total. The smallest absolute Gasteiger partial charge is 0.227 e. The van der Waals surface area contributed by atoms with Crippen LogP contribution in [0.4, 0.5) is 5.13 Å². The Morgan fingerprint density at radius 1 is 1.06 bits per heavy atom. The lowest BCUT2D eigenvalue weighted by atomic mass is 9.89. The number of thiazole rings is 1. The lowest BCUT2D eigenvalue weighted by molar-refractivity contribution is -0.121. The van der Waals surface area contributed by atoms with Crippen molar-refractivity contribution in [3.05, 3.63) is 23.8 Å². The highest BCUT2D eigenvalue weighted by Crippen LogP contribution is 2.38. The number of hydrogen-bond acceptors (Lipinski definition) is 9. The highest BCUT2D eigenvalue weighted by Gasteiger charge is 2.38. The van der Waals surface area contributed by atoms with Gasteiger partial charge in [0.2, 0.25) is 17.7 Å². The maximum Gasteiger partial charge on any atom is 0.227 e. The van der Waals surface area contributed by atoms with Crippen LogP contribution in [0.2, 0.25) is 0 Å². The van der Waals surface area contributed by atoms with Crippen molar-refractivity contribution in [2.24, 2.45) is 0 Å². The monoisotopic (exact) mass is 485 g/mol. The fourth-order valence-corrected chi connectivity index (χ4v) is 5.44. The number of rotatable bonds is 6. The molecule has 11 heteroatoms. The van der Waals surface area contributed by atoms with E-state index in [4.69, 9.17) is 14.0 Å². The van der Waals surface area contributed by atoms with Crippen LogP contribution >= 0.6 is 11.3 Å². The standard InChI is InChI=1S/C23H27N5O5S/c1-14(29)27-23(8-4-2-3-5-9-23)21-26-20(33-28-21)7-6-19(30)25-22-24-15-12-16-17(13-18(15)34-22)32-11-10-31-16/h12-13H,2-11H2,1H3,(H,27,29)(H,24,25,30). The molecule has 0 radical (unpaired) electrons. The van der Waals surface area contributed by atoms with Gasteiger partial charge in [-0.15, -0.1) is 0 Å². The quantitative estimate of drug-likeness (QED) is 0.506. The molecule has 0 saturated heterocycles. The Morgan fingerprint density at radius 3 is 2.53 bits per heavy atom. The Labute approximate surface area is 200 Å². The summed E-state index contributed by atoms with van der Waals surface area (Å²) in [5.41, 5.74) is 0.151. The first-order chi connectivity index (χ1) is 16.5. The molecular formula is C23H27N5O5S. The molecule has 1 aliphatic carbocycles. The molecule has 2 N–H and O–H groups in total. The van der Waals surface area contributed by atoms with Crippen molar-refractivity contribution in [3.63, 3.8) is 0 Å². The van der Waals surface area contributed by atoms with Crippen molar-refractivity contribution >= 4 is 38.5 Å². The molecule has 180 valence electrons. The third-order valence-corrected chi connectivity index (χ3v) is 7.07. The zero-order valence-corrected chi connectivity index (χ0v) is 19.8. The predicted octanol–water partition coefficient (Wildman–Crippen LogP) is 3.71. The highest BCUT2D eigenvalue weighted by atomic mass is 32.1. The van der Waals surface area contributed by atoms with E-state index in [0.717, 1.165) is 48.7 Å². The number of nitrogens with zero attached hydrogens (tertiary/aromatic N) is 3. The normalized spacial score (nSPS) is 17.2. The van der Waals surface area contributed by atoms with E-state index >= 15 is 0 Å². The lowest BCUT2D eigenvalue weighted by Crippen LogP contribution is -2.45. The Hall–Kier alpha value is -3.21. The number of benzene rings is 1. The molecule has 1 fully saturated rings. The predicted molar refractivity (Wildman–Crippen MR) is 125 cm³/mol. The number of aryl methyl sites for hydroxylation is 1. The van der Waals surface area contributed by atoms with Crippen LogP contribution < -0.4 is 20.1 Å². The van der Waals surface area contributed by atoms with E-state index in [0.29, 0.717) is 48.0 Å². The molecule has 5 rings (SSSR count). The Kier molecular flexibility index (Phi) is 6.36. The number of amides is 2. The van der Waals surface area contributed by atoms with Crippen molar-refractivity contribution in [3.8, 4) is 11.5 Å². The maximum absolute atomic E-state index is 12.5. The Morgan fingerprint density at radius 2 is 1.79 bits per heavy atom. The highest BCUT2D eigenvalue weighted by molar-refractivity contribution is 7.22. The Balaban J connectivity index is 1.22. The van der Waals surface area contributed by atoms with Crippen molar-refractivity contribution < 1.29 is 23.6 Å². The van der Waals surface area contributed by atoms with Crippen LogP contribution in [0, 0.1) is 0 Å². The van der Waals surface area contributed by atoms with E-state index in [-0.39, 0.29) is 18.2 Å². The number of carbonyl (C=O) groups excluding carboxylic acids is 2. The zero-order chi connectivity index (χ0) is 23.5. The minimum Gasteiger partial charge on any atom is -0.486 e. The summed E-state index contributed by atoms with van der Waals surface area (Å²) < 4.78 is 17.6. The molecule has 0 spiro atoms. The van der Waals surface area contributed by atoms with E-state index < -0.39 is 5.54 Å². The Bertz CT molecular complexity index is 1150. The average molecular weight is 486 g/mol.